The molecule has 0 bridgehead atoms. The van der Waals surface area contributed by atoms with Crippen LogP contribution < -0.4 is 0 Å². The van der Waals surface area contributed by atoms with Gasteiger partial charge in [0.1, 0.15) is 11.2 Å². The maximum Gasteiger partial charge on any atom is 0.164 e. The maximum absolute atomic E-state index is 7.11. The standard InChI is InChI=1S/C61H36N4O/c1-2-13-37(14-3-1)42-21-12-22-45(31-42)59-62-60(46-26-25-38-15-4-5-18-41(38)32-46)64-61(63-59)47-35-54(56-51-30-28-40-17-9-11-24-49(40)58(51)66-55(56)36-47)65-53-34-44-20-7-6-19-43(44)33-52(53)50-29-27-39-16-8-10-23-48(39)57(50)65/h1-36H. The second-order valence-electron chi connectivity index (χ2n) is 17.2. The Balaban J connectivity index is 1.11. The van der Waals surface area contributed by atoms with Crippen molar-refractivity contribution in [2.24, 2.45) is 0 Å². The molecule has 306 valence electrons. The average molecular weight is 841 g/mol. The first-order valence-electron chi connectivity index (χ1n) is 22.3. The summed E-state index contributed by atoms with van der Waals surface area (Å²) >= 11 is 0. The van der Waals surface area contributed by atoms with E-state index in [4.69, 9.17) is 19.4 Å². The molecule has 5 nitrogen and oxygen atoms in total. The van der Waals surface area contributed by atoms with Gasteiger partial charge in [-0.25, -0.2) is 15.0 Å². The third-order valence-corrected chi connectivity index (χ3v) is 13.3. The number of furan rings is 1. The zero-order valence-electron chi connectivity index (χ0n) is 35.5. The predicted octanol–water partition coefficient (Wildman–Crippen LogP) is 16.1. The minimum atomic E-state index is 0.554. The summed E-state index contributed by atoms with van der Waals surface area (Å²) in [6.45, 7) is 0. The predicted molar refractivity (Wildman–Crippen MR) is 273 cm³/mol. The molecular formula is C61H36N4O. The molecule has 0 aliphatic rings. The molecule has 11 aromatic carbocycles. The number of fused-ring (bicyclic) bond motifs is 12. The Labute approximate surface area is 378 Å². The minimum Gasteiger partial charge on any atom is -0.455 e. The topological polar surface area (TPSA) is 56.7 Å². The van der Waals surface area contributed by atoms with Crippen LogP contribution in [0, 0.1) is 0 Å². The first kappa shape index (κ1) is 36.5. The van der Waals surface area contributed by atoms with Crippen molar-refractivity contribution in [2.75, 3.05) is 0 Å². The van der Waals surface area contributed by atoms with Crippen LogP contribution in [0.5, 0.6) is 0 Å². The molecule has 0 amide bonds. The largest absolute Gasteiger partial charge is 0.455 e. The van der Waals surface area contributed by atoms with Crippen molar-refractivity contribution < 1.29 is 4.42 Å². The van der Waals surface area contributed by atoms with E-state index in [0.717, 1.165) is 88.0 Å². The van der Waals surface area contributed by atoms with Gasteiger partial charge in [0.15, 0.2) is 17.5 Å². The molecule has 0 saturated heterocycles. The van der Waals surface area contributed by atoms with Crippen molar-refractivity contribution in [2.45, 2.75) is 0 Å². The molecule has 0 radical (unpaired) electrons. The lowest BCUT2D eigenvalue weighted by molar-refractivity contribution is 0.672. The zero-order valence-corrected chi connectivity index (χ0v) is 35.5. The lowest BCUT2D eigenvalue weighted by Gasteiger charge is -2.14. The van der Waals surface area contributed by atoms with Crippen LogP contribution >= 0.6 is 0 Å². The molecule has 0 aliphatic heterocycles. The average Bonchev–Trinajstić information content (AvgIpc) is 3.93. The number of hydrogen-bond acceptors (Lipinski definition) is 4. The van der Waals surface area contributed by atoms with Gasteiger partial charge in [0.05, 0.1) is 22.1 Å². The van der Waals surface area contributed by atoms with Gasteiger partial charge in [-0.15, -0.1) is 0 Å². The lowest BCUT2D eigenvalue weighted by Crippen LogP contribution is -2.02. The van der Waals surface area contributed by atoms with Crippen LogP contribution in [0.2, 0.25) is 0 Å². The highest BCUT2D eigenvalue weighted by molar-refractivity contribution is 6.23. The Hall–Kier alpha value is -8.93. The Bertz CT molecular complexity index is 4300. The molecule has 14 rings (SSSR count). The quantitative estimate of drug-likeness (QED) is 0.173. The SMILES string of the molecule is c1ccc(-c2cccc(-c3nc(-c4ccc5ccccc5c4)nc(-c4cc(-n5c6cc7ccccc7cc6c6ccc7ccccc7c65)c5c(c4)oc4c6ccccc6ccc45)n3)c2)cc1. The van der Waals surface area contributed by atoms with Crippen molar-refractivity contribution in [3.05, 3.63) is 218 Å². The first-order valence-corrected chi connectivity index (χ1v) is 22.3. The summed E-state index contributed by atoms with van der Waals surface area (Å²) in [5.41, 5.74) is 9.69. The number of rotatable bonds is 5. The molecule has 66 heavy (non-hydrogen) atoms. The highest BCUT2D eigenvalue weighted by Gasteiger charge is 2.24. The Kier molecular flexibility index (Phi) is 7.91. The summed E-state index contributed by atoms with van der Waals surface area (Å²) < 4.78 is 9.57. The van der Waals surface area contributed by atoms with E-state index in [1.54, 1.807) is 0 Å². The molecular weight excluding hydrogens is 805 g/mol. The van der Waals surface area contributed by atoms with E-state index in [2.05, 4.69) is 217 Å². The molecule has 0 unspecified atom stereocenters. The fourth-order valence-corrected chi connectivity index (χ4v) is 10.2. The van der Waals surface area contributed by atoms with Gasteiger partial charge in [-0.3, -0.25) is 0 Å². The molecule has 0 spiro atoms. The van der Waals surface area contributed by atoms with Gasteiger partial charge in [0, 0.05) is 43.6 Å². The molecule has 0 aliphatic carbocycles. The van der Waals surface area contributed by atoms with Crippen LogP contribution in [0.15, 0.2) is 223 Å². The van der Waals surface area contributed by atoms with E-state index in [-0.39, 0.29) is 0 Å². The highest BCUT2D eigenvalue weighted by Crippen LogP contribution is 2.45. The van der Waals surface area contributed by atoms with Crippen molar-refractivity contribution in [3.63, 3.8) is 0 Å². The normalized spacial score (nSPS) is 11.9. The van der Waals surface area contributed by atoms with Crippen LogP contribution in [0.3, 0.4) is 0 Å². The molecule has 0 atom stereocenters. The molecule has 0 saturated carbocycles. The fraction of sp³-hybridized carbons (Fsp3) is 0. The summed E-state index contributed by atoms with van der Waals surface area (Å²) in [5, 5.41) is 13.6. The van der Waals surface area contributed by atoms with Crippen molar-refractivity contribution in [1.82, 2.24) is 19.5 Å². The summed E-state index contributed by atoms with van der Waals surface area (Å²) in [7, 11) is 0. The van der Waals surface area contributed by atoms with Gasteiger partial charge in [0.25, 0.3) is 0 Å². The summed E-state index contributed by atoms with van der Waals surface area (Å²) in [4.78, 5) is 16.0. The van der Waals surface area contributed by atoms with Crippen LogP contribution in [0.4, 0.5) is 0 Å². The van der Waals surface area contributed by atoms with Crippen LogP contribution in [-0.2, 0) is 0 Å². The molecule has 0 N–H and O–H groups in total. The summed E-state index contributed by atoms with van der Waals surface area (Å²) in [6.07, 6.45) is 0. The lowest BCUT2D eigenvalue weighted by atomic mass is 10.0. The van der Waals surface area contributed by atoms with E-state index in [0.29, 0.717) is 17.5 Å². The van der Waals surface area contributed by atoms with Gasteiger partial charge >= 0.3 is 0 Å². The summed E-state index contributed by atoms with van der Waals surface area (Å²) in [5.74, 6) is 1.74. The van der Waals surface area contributed by atoms with Crippen molar-refractivity contribution >= 4 is 86.8 Å². The van der Waals surface area contributed by atoms with Gasteiger partial charge < -0.3 is 8.98 Å². The molecule has 3 heterocycles. The van der Waals surface area contributed by atoms with E-state index < -0.39 is 0 Å². The summed E-state index contributed by atoms with van der Waals surface area (Å²) in [6, 6.07) is 77.6. The second-order valence-corrected chi connectivity index (χ2v) is 17.2. The van der Waals surface area contributed by atoms with Crippen molar-refractivity contribution in [3.8, 4) is 51.0 Å². The Morgan fingerprint density at radius 3 is 1.65 bits per heavy atom. The number of hydrogen-bond donors (Lipinski definition) is 0. The van der Waals surface area contributed by atoms with Crippen LogP contribution in [0.1, 0.15) is 0 Å². The van der Waals surface area contributed by atoms with E-state index in [9.17, 15) is 0 Å². The van der Waals surface area contributed by atoms with Gasteiger partial charge in [-0.1, -0.05) is 176 Å². The minimum absolute atomic E-state index is 0.554. The van der Waals surface area contributed by atoms with Gasteiger partial charge in [-0.05, 0) is 85.9 Å². The van der Waals surface area contributed by atoms with Crippen LogP contribution in [-0.4, -0.2) is 19.5 Å². The van der Waals surface area contributed by atoms with Gasteiger partial charge in [0.2, 0.25) is 0 Å². The first-order chi connectivity index (χ1) is 32.7. The number of nitrogens with zero attached hydrogens (tertiary/aromatic N) is 4. The smallest absolute Gasteiger partial charge is 0.164 e. The number of aromatic nitrogens is 4. The molecule has 14 aromatic rings. The highest BCUT2D eigenvalue weighted by atomic mass is 16.3. The fourth-order valence-electron chi connectivity index (χ4n) is 10.2. The third-order valence-electron chi connectivity index (χ3n) is 13.3. The molecule has 5 heteroatoms. The molecule has 3 aromatic heterocycles. The second kappa shape index (κ2) is 14.3. The monoisotopic (exact) mass is 840 g/mol. The molecule has 0 fully saturated rings. The van der Waals surface area contributed by atoms with E-state index in [1.807, 2.05) is 6.07 Å². The van der Waals surface area contributed by atoms with E-state index >= 15 is 0 Å². The van der Waals surface area contributed by atoms with Crippen LogP contribution in [0.25, 0.3) is 138 Å². The van der Waals surface area contributed by atoms with Crippen molar-refractivity contribution in [1.29, 1.82) is 0 Å². The third kappa shape index (κ3) is 5.70. The zero-order chi connectivity index (χ0) is 43.3. The van der Waals surface area contributed by atoms with E-state index in [1.165, 1.54) is 32.3 Å². The Morgan fingerprint density at radius 2 is 0.879 bits per heavy atom. The maximum atomic E-state index is 7.11. The van der Waals surface area contributed by atoms with Gasteiger partial charge in [-0.2, -0.15) is 0 Å². The Morgan fingerprint density at radius 1 is 0.318 bits per heavy atom. The number of benzene rings is 11.